The van der Waals surface area contributed by atoms with Gasteiger partial charge in [-0.05, 0) is 28.1 Å². The molecule has 1 atom stereocenters. The van der Waals surface area contributed by atoms with Gasteiger partial charge in [0.05, 0.1) is 23.9 Å². The van der Waals surface area contributed by atoms with Gasteiger partial charge in [-0.1, -0.05) is 0 Å². The van der Waals surface area contributed by atoms with Crippen molar-refractivity contribution in [3.05, 3.63) is 29.0 Å². The first-order valence-electron chi connectivity index (χ1n) is 6.68. The molecule has 20 heavy (non-hydrogen) atoms. The first-order chi connectivity index (χ1) is 9.74. The van der Waals surface area contributed by atoms with E-state index < -0.39 is 0 Å². The monoisotopic (exact) mass is 336 g/mol. The molecule has 3 rings (SSSR count). The number of hydrogen-bond donors (Lipinski definition) is 1. The fourth-order valence-corrected chi connectivity index (χ4v) is 2.76. The van der Waals surface area contributed by atoms with Crippen molar-refractivity contribution in [2.45, 2.75) is 6.10 Å². The van der Waals surface area contributed by atoms with Gasteiger partial charge in [0, 0.05) is 43.5 Å². The zero-order valence-electron chi connectivity index (χ0n) is 11.3. The molecular weight excluding hydrogens is 320 g/mol. The van der Waals surface area contributed by atoms with Crippen LogP contribution in [0.3, 0.4) is 0 Å². The summed E-state index contributed by atoms with van der Waals surface area (Å²) in [7, 11) is 2.07. The van der Waals surface area contributed by atoms with Crippen LogP contribution < -0.4 is 10.2 Å². The summed E-state index contributed by atoms with van der Waals surface area (Å²) in [5.74, 6) is 0. The molecule has 6 heteroatoms. The second-order valence-electron chi connectivity index (χ2n) is 4.93. The zero-order chi connectivity index (χ0) is 13.9. The van der Waals surface area contributed by atoms with Crippen LogP contribution in [0.15, 0.2) is 29.0 Å². The van der Waals surface area contributed by atoms with E-state index in [1.54, 1.807) is 6.20 Å². The number of pyridine rings is 2. The third-order valence-electron chi connectivity index (χ3n) is 3.42. The maximum Gasteiger partial charge on any atom is 0.112 e. The summed E-state index contributed by atoms with van der Waals surface area (Å²) >= 11 is 3.43. The van der Waals surface area contributed by atoms with E-state index in [2.05, 4.69) is 43.2 Å². The predicted molar refractivity (Wildman–Crippen MR) is 83.1 cm³/mol. The van der Waals surface area contributed by atoms with Crippen molar-refractivity contribution in [3.8, 4) is 0 Å². The molecule has 1 aliphatic heterocycles. The Morgan fingerprint density at radius 1 is 1.50 bits per heavy atom. The summed E-state index contributed by atoms with van der Waals surface area (Å²) in [6, 6.07) is 3.98. The number of aromatic nitrogens is 2. The Bertz CT molecular complexity index is 601. The number of morpholine rings is 1. The van der Waals surface area contributed by atoms with Crippen molar-refractivity contribution in [1.29, 1.82) is 0 Å². The van der Waals surface area contributed by atoms with Crippen molar-refractivity contribution in [3.63, 3.8) is 0 Å². The Kier molecular flexibility index (Phi) is 4.14. The minimum absolute atomic E-state index is 0.215. The molecule has 2 aromatic heterocycles. The van der Waals surface area contributed by atoms with E-state index in [0.717, 1.165) is 47.4 Å². The van der Waals surface area contributed by atoms with Gasteiger partial charge < -0.3 is 15.0 Å². The highest BCUT2D eigenvalue weighted by molar-refractivity contribution is 9.10. The van der Waals surface area contributed by atoms with E-state index in [9.17, 15) is 0 Å². The highest BCUT2D eigenvalue weighted by Gasteiger charge is 2.17. The molecule has 0 aromatic carbocycles. The number of fused-ring (bicyclic) bond motifs is 1. The van der Waals surface area contributed by atoms with Crippen LogP contribution in [0.1, 0.15) is 0 Å². The van der Waals surface area contributed by atoms with Gasteiger partial charge in [0.2, 0.25) is 0 Å². The van der Waals surface area contributed by atoms with Gasteiger partial charge in [0.25, 0.3) is 0 Å². The van der Waals surface area contributed by atoms with Gasteiger partial charge in [-0.15, -0.1) is 0 Å². The number of nitrogens with zero attached hydrogens (tertiary/aromatic N) is 3. The normalized spacial score (nSPS) is 19.2. The van der Waals surface area contributed by atoms with E-state index in [1.807, 2.05) is 18.3 Å². The molecule has 0 bridgehead atoms. The van der Waals surface area contributed by atoms with Crippen LogP contribution in [0, 0.1) is 0 Å². The number of anilines is 1. The SMILES string of the molecule is CN(CC1CNCCO1)c1ccnc2cc(Br)cnc12. The average Bonchev–Trinajstić information content (AvgIpc) is 2.47. The summed E-state index contributed by atoms with van der Waals surface area (Å²) < 4.78 is 6.70. The van der Waals surface area contributed by atoms with E-state index in [4.69, 9.17) is 4.74 Å². The lowest BCUT2D eigenvalue weighted by Gasteiger charge is -2.29. The summed E-state index contributed by atoms with van der Waals surface area (Å²) in [5.41, 5.74) is 2.89. The van der Waals surface area contributed by atoms with Crippen LogP contribution in [0.25, 0.3) is 11.0 Å². The lowest BCUT2D eigenvalue weighted by Crippen LogP contribution is -2.44. The van der Waals surface area contributed by atoms with Crippen LogP contribution in [-0.4, -0.2) is 49.4 Å². The lowest BCUT2D eigenvalue weighted by atomic mass is 10.2. The van der Waals surface area contributed by atoms with Crippen LogP contribution in [0.5, 0.6) is 0 Å². The largest absolute Gasteiger partial charge is 0.374 e. The van der Waals surface area contributed by atoms with E-state index >= 15 is 0 Å². The molecule has 1 saturated heterocycles. The molecule has 1 N–H and O–H groups in total. The molecule has 3 heterocycles. The molecule has 0 spiro atoms. The second kappa shape index (κ2) is 6.03. The lowest BCUT2D eigenvalue weighted by molar-refractivity contribution is 0.0340. The van der Waals surface area contributed by atoms with Gasteiger partial charge >= 0.3 is 0 Å². The number of hydrogen-bond acceptors (Lipinski definition) is 5. The van der Waals surface area contributed by atoms with Crippen LogP contribution in [0.2, 0.25) is 0 Å². The predicted octanol–water partition coefficient (Wildman–Crippen LogP) is 1.82. The van der Waals surface area contributed by atoms with Gasteiger partial charge in [-0.2, -0.15) is 0 Å². The Balaban J connectivity index is 1.85. The first-order valence-corrected chi connectivity index (χ1v) is 7.47. The molecule has 1 unspecified atom stereocenters. The molecule has 1 fully saturated rings. The van der Waals surface area contributed by atoms with Crippen molar-refractivity contribution >= 4 is 32.7 Å². The van der Waals surface area contributed by atoms with E-state index in [-0.39, 0.29) is 6.10 Å². The minimum atomic E-state index is 0.215. The van der Waals surface area contributed by atoms with Gasteiger partial charge in [0.1, 0.15) is 5.52 Å². The second-order valence-corrected chi connectivity index (χ2v) is 5.84. The van der Waals surface area contributed by atoms with Gasteiger partial charge in [0.15, 0.2) is 0 Å². The molecule has 2 aromatic rings. The highest BCUT2D eigenvalue weighted by atomic mass is 79.9. The molecule has 0 radical (unpaired) electrons. The number of ether oxygens (including phenoxy) is 1. The molecule has 106 valence electrons. The topological polar surface area (TPSA) is 50.3 Å². The van der Waals surface area contributed by atoms with Crippen molar-refractivity contribution in [2.75, 3.05) is 38.2 Å². The van der Waals surface area contributed by atoms with E-state index in [1.165, 1.54) is 0 Å². The van der Waals surface area contributed by atoms with Crippen LogP contribution >= 0.6 is 15.9 Å². The fourth-order valence-electron chi connectivity index (χ4n) is 2.44. The molecule has 0 amide bonds. The Hall–Kier alpha value is -1.24. The minimum Gasteiger partial charge on any atom is -0.374 e. The average molecular weight is 337 g/mol. The number of rotatable bonds is 3. The number of halogens is 1. The highest BCUT2D eigenvalue weighted by Crippen LogP contribution is 2.24. The molecule has 0 aliphatic carbocycles. The molecule has 0 saturated carbocycles. The molecule has 1 aliphatic rings. The summed E-state index contributed by atoms with van der Waals surface area (Å²) in [6.07, 6.45) is 3.84. The van der Waals surface area contributed by atoms with Crippen molar-refractivity contribution in [1.82, 2.24) is 15.3 Å². The van der Waals surface area contributed by atoms with Crippen LogP contribution in [-0.2, 0) is 4.74 Å². The smallest absolute Gasteiger partial charge is 0.112 e. The zero-order valence-corrected chi connectivity index (χ0v) is 12.9. The van der Waals surface area contributed by atoms with Crippen molar-refractivity contribution < 1.29 is 4.74 Å². The van der Waals surface area contributed by atoms with Crippen molar-refractivity contribution in [2.24, 2.45) is 0 Å². The summed E-state index contributed by atoms with van der Waals surface area (Å²) in [6.45, 7) is 3.45. The van der Waals surface area contributed by atoms with Crippen LogP contribution in [0.4, 0.5) is 5.69 Å². The summed E-state index contributed by atoms with van der Waals surface area (Å²) in [4.78, 5) is 11.0. The quantitative estimate of drug-likeness (QED) is 0.926. The Morgan fingerprint density at radius 3 is 3.20 bits per heavy atom. The third kappa shape index (κ3) is 2.92. The first kappa shape index (κ1) is 13.7. The summed E-state index contributed by atoms with van der Waals surface area (Å²) in [5, 5.41) is 3.35. The molecule has 5 nitrogen and oxygen atoms in total. The third-order valence-corrected chi connectivity index (χ3v) is 3.85. The Morgan fingerprint density at radius 2 is 2.40 bits per heavy atom. The standard InChI is InChI=1S/C14H17BrN4O/c1-19(9-11-8-16-4-5-20-11)13-2-3-17-12-6-10(15)7-18-14(12)13/h2-3,6-7,11,16H,4-5,8-9H2,1H3. The fraction of sp³-hybridized carbons (Fsp3) is 0.429. The number of nitrogens with one attached hydrogen (secondary N) is 1. The Labute approximate surface area is 126 Å². The number of likely N-dealkylation sites (N-methyl/N-ethyl adjacent to an activating group) is 1. The maximum atomic E-state index is 5.75. The van der Waals surface area contributed by atoms with Gasteiger partial charge in [-0.3, -0.25) is 9.97 Å². The molecular formula is C14H17BrN4O. The maximum absolute atomic E-state index is 5.75. The van der Waals surface area contributed by atoms with Gasteiger partial charge in [-0.25, -0.2) is 0 Å². The van der Waals surface area contributed by atoms with E-state index in [0.29, 0.717) is 0 Å².